The highest BCUT2D eigenvalue weighted by molar-refractivity contribution is 5.64. The number of benzene rings is 3. The lowest BCUT2D eigenvalue weighted by molar-refractivity contribution is -0.322. The zero-order chi connectivity index (χ0) is 31.4. The molecule has 0 spiro atoms. The van der Waals surface area contributed by atoms with Crippen LogP contribution in [0.25, 0.3) is 11.1 Å². The monoisotopic (exact) mass is 624 g/mol. The van der Waals surface area contributed by atoms with Gasteiger partial charge in [-0.05, 0) is 78.5 Å². The summed E-state index contributed by atoms with van der Waals surface area (Å²) in [6.07, 6.45) is 2.41. The summed E-state index contributed by atoms with van der Waals surface area (Å²) in [5.74, 6) is -6.39. The van der Waals surface area contributed by atoms with E-state index >= 15 is 0 Å². The highest BCUT2D eigenvalue weighted by Crippen LogP contribution is 2.40. The van der Waals surface area contributed by atoms with E-state index in [1.165, 1.54) is 38.5 Å². The Balaban J connectivity index is 1.20. The van der Waals surface area contributed by atoms with E-state index in [2.05, 4.69) is 11.7 Å². The molecular weight excluding hydrogens is 589 g/mol. The molecule has 1 heterocycles. The van der Waals surface area contributed by atoms with Crippen LogP contribution >= 0.6 is 0 Å². The summed E-state index contributed by atoms with van der Waals surface area (Å²) in [4.78, 5) is 0. The predicted octanol–water partition coefficient (Wildman–Crippen LogP) is 10.1. The Morgan fingerprint density at radius 2 is 1.32 bits per heavy atom. The molecule has 3 aromatic rings. The van der Waals surface area contributed by atoms with Crippen LogP contribution in [0.3, 0.4) is 0 Å². The predicted molar refractivity (Wildman–Crippen MR) is 150 cm³/mol. The molecule has 3 nitrogen and oxygen atoms in total. The van der Waals surface area contributed by atoms with E-state index in [1.807, 2.05) is 12.1 Å². The third-order valence-electron chi connectivity index (χ3n) is 8.57. The largest absolute Gasteiger partial charge is 0.389 e. The van der Waals surface area contributed by atoms with E-state index < -0.39 is 66.4 Å². The highest BCUT2D eigenvalue weighted by atomic mass is 19.3. The van der Waals surface area contributed by atoms with E-state index in [9.17, 15) is 30.7 Å². The van der Waals surface area contributed by atoms with Crippen molar-refractivity contribution in [2.45, 2.75) is 82.7 Å². The van der Waals surface area contributed by atoms with Gasteiger partial charge in [0.2, 0.25) is 0 Å². The first-order valence-electron chi connectivity index (χ1n) is 15.1. The van der Waals surface area contributed by atoms with Gasteiger partial charge in [0.05, 0.1) is 13.2 Å². The quantitative estimate of drug-likeness (QED) is 0.128. The van der Waals surface area contributed by atoms with Crippen molar-refractivity contribution in [1.82, 2.24) is 0 Å². The Labute approximate surface area is 252 Å². The SMILES string of the molecule is CCCCCC1CCC(c2ccc(-c3cc(F)c(C(F)(F)OC4COC(c5cc(F)c(F)c(F)c5)OC4)c(F)c3)cc2)CC1. The number of hydrogen-bond acceptors (Lipinski definition) is 3. The first-order valence-corrected chi connectivity index (χ1v) is 15.1. The normalized spacial score (nSPS) is 22.7. The lowest BCUT2D eigenvalue weighted by atomic mass is 9.77. The topological polar surface area (TPSA) is 27.7 Å². The summed E-state index contributed by atoms with van der Waals surface area (Å²) in [6.45, 7) is 1.11. The maximum absolute atomic E-state index is 15.0. The molecule has 0 radical (unpaired) electrons. The van der Waals surface area contributed by atoms with Crippen molar-refractivity contribution >= 4 is 0 Å². The molecule has 1 aliphatic heterocycles. The molecule has 3 aromatic carbocycles. The molecule has 0 unspecified atom stereocenters. The van der Waals surface area contributed by atoms with Crippen LogP contribution in [0.1, 0.15) is 87.2 Å². The molecule has 0 bridgehead atoms. The van der Waals surface area contributed by atoms with Crippen molar-refractivity contribution < 1.29 is 44.9 Å². The van der Waals surface area contributed by atoms with Crippen LogP contribution < -0.4 is 0 Å². The summed E-state index contributed by atoms with van der Waals surface area (Å²) in [7, 11) is 0. The Bertz CT molecular complexity index is 1370. The number of hydrogen-bond donors (Lipinski definition) is 0. The fourth-order valence-electron chi connectivity index (χ4n) is 6.16. The van der Waals surface area contributed by atoms with Crippen LogP contribution in [0.15, 0.2) is 48.5 Å². The summed E-state index contributed by atoms with van der Waals surface area (Å²) in [5.41, 5.74) is -0.0102. The number of ether oxygens (including phenoxy) is 3. The summed E-state index contributed by atoms with van der Waals surface area (Å²) in [6, 6.07) is 10.3. The fourth-order valence-corrected chi connectivity index (χ4v) is 6.16. The first kappa shape index (κ1) is 32.4. The van der Waals surface area contributed by atoms with Crippen LogP contribution in [0.4, 0.5) is 30.7 Å². The third-order valence-corrected chi connectivity index (χ3v) is 8.57. The molecule has 1 saturated heterocycles. The molecule has 2 fully saturated rings. The minimum absolute atomic E-state index is 0.108. The molecule has 44 heavy (non-hydrogen) atoms. The molecular formula is C34H35F7O3. The molecule has 10 heteroatoms. The minimum atomic E-state index is -4.38. The van der Waals surface area contributed by atoms with Gasteiger partial charge in [-0.1, -0.05) is 56.9 Å². The van der Waals surface area contributed by atoms with Crippen LogP contribution in [-0.4, -0.2) is 19.3 Å². The van der Waals surface area contributed by atoms with Gasteiger partial charge in [-0.3, -0.25) is 0 Å². The van der Waals surface area contributed by atoms with Crippen molar-refractivity contribution in [2.24, 2.45) is 5.92 Å². The summed E-state index contributed by atoms with van der Waals surface area (Å²) >= 11 is 0. The van der Waals surface area contributed by atoms with Gasteiger partial charge in [0.1, 0.15) is 23.3 Å². The third kappa shape index (κ3) is 7.46. The summed E-state index contributed by atoms with van der Waals surface area (Å²) in [5, 5.41) is 0. The average Bonchev–Trinajstić information content (AvgIpc) is 3.00. The van der Waals surface area contributed by atoms with Gasteiger partial charge >= 0.3 is 6.11 Å². The van der Waals surface area contributed by atoms with Gasteiger partial charge in [0.25, 0.3) is 0 Å². The Kier molecular flexibility index (Phi) is 10.3. The van der Waals surface area contributed by atoms with Gasteiger partial charge in [-0.15, -0.1) is 0 Å². The lowest BCUT2D eigenvalue weighted by Gasteiger charge is -2.32. The van der Waals surface area contributed by atoms with Crippen LogP contribution in [0.2, 0.25) is 0 Å². The van der Waals surface area contributed by atoms with Crippen molar-refractivity contribution in [1.29, 1.82) is 0 Å². The molecule has 0 aromatic heterocycles. The molecule has 2 aliphatic rings. The van der Waals surface area contributed by atoms with Gasteiger partial charge in [-0.2, -0.15) is 8.78 Å². The minimum Gasteiger partial charge on any atom is -0.346 e. The van der Waals surface area contributed by atoms with Crippen molar-refractivity contribution in [3.05, 3.63) is 94.3 Å². The van der Waals surface area contributed by atoms with Gasteiger partial charge in [-0.25, -0.2) is 22.0 Å². The van der Waals surface area contributed by atoms with E-state index in [0.717, 1.165) is 36.5 Å². The van der Waals surface area contributed by atoms with Crippen molar-refractivity contribution in [3.63, 3.8) is 0 Å². The molecule has 1 saturated carbocycles. The van der Waals surface area contributed by atoms with Crippen LogP contribution in [0.5, 0.6) is 0 Å². The lowest BCUT2D eigenvalue weighted by Crippen LogP contribution is -2.38. The van der Waals surface area contributed by atoms with E-state index in [4.69, 9.17) is 9.47 Å². The maximum Gasteiger partial charge on any atom is 0.389 e. The number of halogens is 7. The van der Waals surface area contributed by atoms with Gasteiger partial charge < -0.3 is 14.2 Å². The number of alkyl halides is 2. The fraction of sp³-hybridized carbons (Fsp3) is 0.471. The second-order valence-electron chi connectivity index (χ2n) is 11.7. The van der Waals surface area contributed by atoms with E-state index in [1.54, 1.807) is 12.1 Å². The molecule has 1 aliphatic carbocycles. The second-order valence-corrected chi connectivity index (χ2v) is 11.7. The van der Waals surface area contributed by atoms with Crippen molar-refractivity contribution in [2.75, 3.05) is 13.2 Å². The maximum atomic E-state index is 15.0. The van der Waals surface area contributed by atoms with Crippen LogP contribution in [0, 0.1) is 35.0 Å². The zero-order valence-corrected chi connectivity index (χ0v) is 24.4. The van der Waals surface area contributed by atoms with Gasteiger partial charge in [0.15, 0.2) is 23.7 Å². The molecule has 0 N–H and O–H groups in total. The first-order chi connectivity index (χ1) is 21.1. The van der Waals surface area contributed by atoms with Gasteiger partial charge in [0, 0.05) is 5.56 Å². The Hall–Kier alpha value is -2.95. The number of unbranched alkanes of at least 4 members (excludes halogenated alkanes) is 2. The standard InChI is InChI=1S/C34H35F7O3/c1-2-3-4-5-20-6-8-21(9-7-20)22-10-12-23(13-11-22)24-14-27(35)31(28(36)15-24)34(40,41)44-26-18-42-33(43-19-26)25-16-29(37)32(39)30(38)17-25/h10-17,20-21,26,33H,2-9,18-19H2,1H3. The van der Waals surface area contributed by atoms with Crippen molar-refractivity contribution in [3.8, 4) is 11.1 Å². The van der Waals surface area contributed by atoms with E-state index in [-0.39, 0.29) is 11.1 Å². The zero-order valence-electron chi connectivity index (χ0n) is 24.4. The van der Waals surface area contributed by atoms with E-state index in [0.29, 0.717) is 23.6 Å². The Morgan fingerprint density at radius 1 is 0.727 bits per heavy atom. The smallest absolute Gasteiger partial charge is 0.346 e. The summed E-state index contributed by atoms with van der Waals surface area (Å²) < 4.78 is 115. The number of rotatable bonds is 10. The second kappa shape index (κ2) is 14.0. The molecule has 0 atom stereocenters. The molecule has 0 amide bonds. The Morgan fingerprint density at radius 3 is 1.89 bits per heavy atom. The van der Waals surface area contributed by atoms with Crippen LogP contribution in [-0.2, 0) is 20.3 Å². The molecule has 5 rings (SSSR count). The highest BCUT2D eigenvalue weighted by Gasteiger charge is 2.43. The average molecular weight is 625 g/mol. The molecule has 238 valence electrons.